The van der Waals surface area contributed by atoms with Crippen LogP contribution in [0.15, 0.2) is 0 Å². The number of hydrogen-bond donors (Lipinski definition) is 1. The molecule has 2 aliphatic rings. The lowest BCUT2D eigenvalue weighted by Crippen LogP contribution is -2.52. The number of anilines is 1. The van der Waals surface area contributed by atoms with Gasteiger partial charge < -0.3 is 15.4 Å². The molecule has 1 aliphatic carbocycles. The maximum absolute atomic E-state index is 6.17. The van der Waals surface area contributed by atoms with E-state index in [-0.39, 0.29) is 17.7 Å². The first-order valence-corrected chi connectivity index (χ1v) is 7.94. The summed E-state index contributed by atoms with van der Waals surface area (Å²) in [5.41, 5.74) is 7.21. The molecule has 3 rings (SSSR count). The van der Waals surface area contributed by atoms with Crippen molar-refractivity contribution in [1.29, 1.82) is 0 Å². The van der Waals surface area contributed by atoms with Crippen LogP contribution >= 0.6 is 11.3 Å². The Morgan fingerprint density at radius 2 is 2.26 bits per heavy atom. The minimum absolute atomic E-state index is 0.105. The Morgan fingerprint density at radius 1 is 1.47 bits per heavy atom. The number of nitrogens with zero attached hydrogens (tertiary/aromatic N) is 2. The van der Waals surface area contributed by atoms with E-state index in [1.165, 1.54) is 11.3 Å². The van der Waals surface area contributed by atoms with Gasteiger partial charge in [0, 0.05) is 24.0 Å². The van der Waals surface area contributed by atoms with Gasteiger partial charge in [0.2, 0.25) is 0 Å². The SMILES string of the molecule is CC1CN(c2nc3c(s2)CCCC3N)CC(C)(C)O1. The molecule has 19 heavy (non-hydrogen) atoms. The van der Waals surface area contributed by atoms with Crippen LogP contribution in [0.1, 0.15) is 50.2 Å². The number of ether oxygens (including phenoxy) is 1. The van der Waals surface area contributed by atoms with Gasteiger partial charge in [-0.3, -0.25) is 0 Å². The van der Waals surface area contributed by atoms with Crippen molar-refractivity contribution in [3.8, 4) is 0 Å². The average Bonchev–Trinajstić information content (AvgIpc) is 2.71. The summed E-state index contributed by atoms with van der Waals surface area (Å²) in [5, 5.41) is 1.13. The summed E-state index contributed by atoms with van der Waals surface area (Å²) >= 11 is 1.83. The molecular formula is C14H23N3OS. The molecule has 1 fully saturated rings. The van der Waals surface area contributed by atoms with Crippen LogP contribution in [0.3, 0.4) is 0 Å². The first kappa shape index (κ1) is 13.3. The van der Waals surface area contributed by atoms with Gasteiger partial charge >= 0.3 is 0 Å². The van der Waals surface area contributed by atoms with Crippen LogP contribution in [-0.4, -0.2) is 29.8 Å². The fraction of sp³-hybridized carbons (Fsp3) is 0.786. The van der Waals surface area contributed by atoms with Crippen LogP contribution in [0.5, 0.6) is 0 Å². The summed E-state index contributed by atoms with van der Waals surface area (Å²) in [6.45, 7) is 8.25. The number of aromatic nitrogens is 1. The molecule has 1 aromatic heterocycles. The lowest BCUT2D eigenvalue weighted by Gasteiger charge is -2.41. The number of aryl methyl sites for hydroxylation is 1. The minimum atomic E-state index is -0.105. The molecule has 0 radical (unpaired) electrons. The molecule has 2 unspecified atom stereocenters. The lowest BCUT2D eigenvalue weighted by atomic mass is 9.99. The molecule has 0 saturated carbocycles. The zero-order valence-corrected chi connectivity index (χ0v) is 12.8. The van der Waals surface area contributed by atoms with Crippen LogP contribution < -0.4 is 10.6 Å². The van der Waals surface area contributed by atoms with Gasteiger partial charge in [0.25, 0.3) is 0 Å². The first-order valence-electron chi connectivity index (χ1n) is 7.12. The minimum Gasteiger partial charge on any atom is -0.369 e. The fourth-order valence-corrected chi connectivity index (χ4v) is 4.35. The quantitative estimate of drug-likeness (QED) is 0.859. The third-order valence-electron chi connectivity index (χ3n) is 3.83. The van der Waals surface area contributed by atoms with E-state index < -0.39 is 0 Å². The summed E-state index contributed by atoms with van der Waals surface area (Å²) in [7, 11) is 0. The van der Waals surface area contributed by atoms with Gasteiger partial charge in [-0.1, -0.05) is 0 Å². The van der Waals surface area contributed by atoms with E-state index in [1.54, 1.807) is 0 Å². The predicted molar refractivity (Wildman–Crippen MR) is 78.8 cm³/mol. The van der Waals surface area contributed by atoms with Crippen LogP contribution in [-0.2, 0) is 11.2 Å². The second-order valence-corrected chi connectivity index (χ2v) is 7.43. The molecule has 4 nitrogen and oxygen atoms in total. The fourth-order valence-electron chi connectivity index (χ4n) is 3.17. The largest absolute Gasteiger partial charge is 0.369 e. The molecule has 0 spiro atoms. The molecule has 1 aliphatic heterocycles. The monoisotopic (exact) mass is 281 g/mol. The third-order valence-corrected chi connectivity index (χ3v) is 5.02. The highest BCUT2D eigenvalue weighted by Gasteiger charge is 2.33. The number of morpholine rings is 1. The van der Waals surface area contributed by atoms with Gasteiger partial charge in [0.05, 0.1) is 17.4 Å². The number of thiazole rings is 1. The van der Waals surface area contributed by atoms with Crippen LogP contribution in [0.2, 0.25) is 0 Å². The van der Waals surface area contributed by atoms with Crippen molar-refractivity contribution < 1.29 is 4.74 Å². The zero-order chi connectivity index (χ0) is 13.6. The van der Waals surface area contributed by atoms with Gasteiger partial charge in [-0.15, -0.1) is 11.3 Å². The number of rotatable bonds is 1. The maximum Gasteiger partial charge on any atom is 0.186 e. The van der Waals surface area contributed by atoms with Crippen molar-refractivity contribution >= 4 is 16.5 Å². The Hall–Kier alpha value is -0.650. The average molecular weight is 281 g/mol. The number of nitrogens with two attached hydrogens (primary N) is 1. The van der Waals surface area contributed by atoms with Crippen molar-refractivity contribution in [2.75, 3.05) is 18.0 Å². The molecule has 2 heterocycles. The van der Waals surface area contributed by atoms with Crippen molar-refractivity contribution in [2.45, 2.75) is 57.8 Å². The molecule has 0 aromatic carbocycles. The van der Waals surface area contributed by atoms with Gasteiger partial charge in [0.1, 0.15) is 0 Å². The molecular weight excluding hydrogens is 258 g/mol. The summed E-state index contributed by atoms with van der Waals surface area (Å²) in [6.07, 6.45) is 3.66. The normalized spacial score (nSPS) is 30.2. The smallest absolute Gasteiger partial charge is 0.186 e. The van der Waals surface area contributed by atoms with Crippen LogP contribution in [0, 0.1) is 0 Å². The lowest BCUT2D eigenvalue weighted by molar-refractivity contribution is -0.0749. The van der Waals surface area contributed by atoms with Gasteiger partial charge in [-0.05, 0) is 40.0 Å². The molecule has 1 aromatic rings. The molecule has 5 heteroatoms. The van der Waals surface area contributed by atoms with Gasteiger partial charge in [-0.2, -0.15) is 0 Å². The van der Waals surface area contributed by atoms with E-state index in [2.05, 4.69) is 25.7 Å². The Balaban J connectivity index is 1.86. The Morgan fingerprint density at radius 3 is 2.95 bits per heavy atom. The standard InChI is InChI=1S/C14H23N3OS/c1-9-7-17(8-14(2,3)18-9)13-16-12-10(15)5-4-6-11(12)19-13/h9-10H,4-8,15H2,1-3H3. The van der Waals surface area contributed by atoms with Gasteiger partial charge in [-0.25, -0.2) is 4.98 Å². The van der Waals surface area contributed by atoms with E-state index in [0.717, 1.165) is 36.8 Å². The second kappa shape index (κ2) is 4.72. The molecule has 0 bridgehead atoms. The predicted octanol–water partition coefficient (Wildman–Crippen LogP) is 2.48. The topological polar surface area (TPSA) is 51.4 Å². The van der Waals surface area contributed by atoms with Crippen molar-refractivity contribution in [3.63, 3.8) is 0 Å². The van der Waals surface area contributed by atoms with E-state index in [0.29, 0.717) is 0 Å². The first-order chi connectivity index (χ1) is 8.94. The Kier molecular flexibility index (Phi) is 3.31. The highest BCUT2D eigenvalue weighted by Crippen LogP contribution is 2.37. The highest BCUT2D eigenvalue weighted by atomic mass is 32.1. The van der Waals surface area contributed by atoms with Crippen molar-refractivity contribution in [1.82, 2.24) is 4.98 Å². The summed E-state index contributed by atoms with van der Waals surface area (Å²) < 4.78 is 5.96. The summed E-state index contributed by atoms with van der Waals surface area (Å²) in [5.74, 6) is 0. The maximum atomic E-state index is 6.17. The molecule has 2 N–H and O–H groups in total. The number of fused-ring (bicyclic) bond motifs is 1. The molecule has 106 valence electrons. The summed E-state index contributed by atoms with van der Waals surface area (Å²) in [4.78, 5) is 8.58. The van der Waals surface area contributed by atoms with Crippen molar-refractivity contribution in [2.24, 2.45) is 5.73 Å². The van der Waals surface area contributed by atoms with E-state index >= 15 is 0 Å². The highest BCUT2D eigenvalue weighted by molar-refractivity contribution is 7.15. The Bertz CT molecular complexity index is 471. The van der Waals surface area contributed by atoms with E-state index in [4.69, 9.17) is 15.5 Å². The molecule has 1 saturated heterocycles. The molecule has 2 atom stereocenters. The van der Waals surface area contributed by atoms with Crippen LogP contribution in [0.25, 0.3) is 0 Å². The molecule has 0 amide bonds. The number of hydrogen-bond acceptors (Lipinski definition) is 5. The zero-order valence-electron chi connectivity index (χ0n) is 12.0. The van der Waals surface area contributed by atoms with E-state index in [1.807, 2.05) is 11.3 Å². The summed E-state index contributed by atoms with van der Waals surface area (Å²) in [6, 6.07) is 0.139. The van der Waals surface area contributed by atoms with Crippen molar-refractivity contribution in [3.05, 3.63) is 10.6 Å². The van der Waals surface area contributed by atoms with E-state index in [9.17, 15) is 0 Å². The third kappa shape index (κ3) is 2.64. The van der Waals surface area contributed by atoms with Crippen LogP contribution in [0.4, 0.5) is 5.13 Å². The Labute approximate surface area is 119 Å². The van der Waals surface area contributed by atoms with Gasteiger partial charge in [0.15, 0.2) is 5.13 Å². The second-order valence-electron chi connectivity index (χ2n) is 6.37.